The molecule has 0 bridgehead atoms. The monoisotopic (exact) mass is 826 g/mol. The fourth-order valence-corrected chi connectivity index (χ4v) is 9.14. The summed E-state index contributed by atoms with van der Waals surface area (Å²) in [6.07, 6.45) is 6.07. The van der Waals surface area contributed by atoms with Crippen LogP contribution in [-0.2, 0) is 54.6 Å². The second kappa shape index (κ2) is 21.1. The van der Waals surface area contributed by atoms with Crippen molar-refractivity contribution < 1.29 is 42.8 Å². The molecule has 1 fully saturated rings. The van der Waals surface area contributed by atoms with Gasteiger partial charge in [0, 0.05) is 0 Å². The predicted molar refractivity (Wildman–Crippen MR) is 234 cm³/mol. The molecule has 0 spiro atoms. The van der Waals surface area contributed by atoms with Gasteiger partial charge in [-0.2, -0.15) is 0 Å². The highest BCUT2D eigenvalue weighted by Crippen LogP contribution is 2.50. The van der Waals surface area contributed by atoms with Crippen LogP contribution in [0.15, 0.2) is 115 Å². The number of hydrogen-bond donors (Lipinski definition) is 0. The number of hydrogen-bond acceptors (Lipinski definition) is 9. The van der Waals surface area contributed by atoms with Crippen molar-refractivity contribution in [1.82, 2.24) is 0 Å². The van der Waals surface area contributed by atoms with E-state index in [1.165, 1.54) is 5.56 Å². The van der Waals surface area contributed by atoms with Gasteiger partial charge in [-0.05, 0) is 126 Å². The molecule has 9 heteroatoms. The summed E-state index contributed by atoms with van der Waals surface area (Å²) in [5.41, 5.74) is 4.98. The van der Waals surface area contributed by atoms with E-state index in [1.54, 1.807) is 7.11 Å². The van der Waals surface area contributed by atoms with Gasteiger partial charge in [-0.25, -0.2) is 9.59 Å². The third kappa shape index (κ3) is 11.5. The Hall–Kier alpha value is -5.83. The van der Waals surface area contributed by atoms with Gasteiger partial charge in [0.05, 0.1) is 13.0 Å². The van der Waals surface area contributed by atoms with E-state index in [0.717, 1.165) is 83.7 Å². The Morgan fingerprint density at radius 3 is 2.21 bits per heavy atom. The number of rotatable bonds is 19. The summed E-state index contributed by atoms with van der Waals surface area (Å²) in [6, 6.07) is 37.2. The number of fused-ring (bicyclic) bond motifs is 3. The Balaban J connectivity index is 1.06. The van der Waals surface area contributed by atoms with Gasteiger partial charge in [0.25, 0.3) is 0 Å². The number of ether oxygens (including phenoxy) is 6. The average Bonchev–Trinajstić information content (AvgIpc) is 3.62. The molecular formula is C52H58O9. The average molecular weight is 827 g/mol. The lowest BCUT2D eigenvalue weighted by atomic mass is 9.73. The first-order chi connectivity index (χ1) is 29.8. The normalized spacial score (nSPS) is 18.9. The Labute approximate surface area is 359 Å². The highest BCUT2D eigenvalue weighted by atomic mass is 16.7. The van der Waals surface area contributed by atoms with Crippen molar-refractivity contribution >= 4 is 28.9 Å². The van der Waals surface area contributed by atoms with Crippen molar-refractivity contribution in [2.75, 3.05) is 13.7 Å². The minimum Gasteiger partial charge on any atom is -0.497 e. The minimum atomic E-state index is -0.664. The van der Waals surface area contributed by atoms with Crippen LogP contribution in [0.1, 0.15) is 92.5 Å². The van der Waals surface area contributed by atoms with Crippen LogP contribution >= 0.6 is 0 Å². The lowest BCUT2D eigenvalue weighted by molar-refractivity contribution is -0.153. The number of methoxy groups -OCH3 is 1. The Kier molecular flexibility index (Phi) is 15.0. The lowest BCUT2D eigenvalue weighted by Gasteiger charge is -2.33. The molecule has 2 aliphatic carbocycles. The largest absolute Gasteiger partial charge is 0.508 e. The molecule has 6 atom stereocenters. The molecule has 61 heavy (non-hydrogen) atoms. The summed E-state index contributed by atoms with van der Waals surface area (Å²) in [7, 11) is 1.65. The third-order valence-corrected chi connectivity index (χ3v) is 12.5. The van der Waals surface area contributed by atoms with Gasteiger partial charge >= 0.3 is 18.1 Å². The van der Waals surface area contributed by atoms with Crippen molar-refractivity contribution in [3.8, 4) is 11.5 Å². The fraction of sp³-hybridized carbons (Fsp3) is 0.404. The molecular weight excluding hydrogens is 769 g/mol. The maximum absolute atomic E-state index is 14.1. The van der Waals surface area contributed by atoms with Gasteiger partial charge in [-0.15, -0.1) is 0 Å². The molecule has 2 aliphatic rings. The van der Waals surface area contributed by atoms with Crippen molar-refractivity contribution in [3.05, 3.63) is 143 Å². The van der Waals surface area contributed by atoms with E-state index < -0.39 is 18.0 Å². The van der Waals surface area contributed by atoms with Gasteiger partial charge < -0.3 is 28.4 Å². The van der Waals surface area contributed by atoms with Crippen LogP contribution in [0.4, 0.5) is 4.79 Å². The van der Waals surface area contributed by atoms with Gasteiger partial charge in [0.1, 0.15) is 36.9 Å². The molecule has 320 valence electrons. The molecule has 0 unspecified atom stereocenters. The topological polar surface area (TPSA) is 107 Å². The van der Waals surface area contributed by atoms with Crippen LogP contribution in [-0.4, -0.2) is 44.0 Å². The summed E-state index contributed by atoms with van der Waals surface area (Å²) < 4.78 is 35.1. The van der Waals surface area contributed by atoms with E-state index in [9.17, 15) is 14.4 Å². The van der Waals surface area contributed by atoms with Gasteiger partial charge in [0.2, 0.25) is 0 Å². The number of carbonyl (C=O) groups is 3. The molecule has 0 saturated heterocycles. The van der Waals surface area contributed by atoms with E-state index in [2.05, 4.69) is 19.1 Å². The summed E-state index contributed by atoms with van der Waals surface area (Å²) in [4.78, 5) is 39.8. The Bertz CT molecular complexity index is 2220. The molecule has 0 aliphatic heterocycles. The molecule has 1 saturated carbocycles. The predicted octanol–water partition coefficient (Wildman–Crippen LogP) is 11.1. The molecule has 7 rings (SSSR count). The molecule has 9 nitrogen and oxygen atoms in total. The quantitative estimate of drug-likeness (QED) is 0.0457. The zero-order valence-electron chi connectivity index (χ0n) is 35.6. The maximum Gasteiger partial charge on any atom is 0.508 e. The zero-order chi connectivity index (χ0) is 42.6. The first-order valence-corrected chi connectivity index (χ1v) is 21.9. The van der Waals surface area contributed by atoms with Crippen molar-refractivity contribution in [2.45, 2.75) is 103 Å². The van der Waals surface area contributed by atoms with E-state index in [-0.39, 0.29) is 55.8 Å². The van der Waals surface area contributed by atoms with E-state index in [1.807, 2.05) is 110 Å². The number of unbranched alkanes of at least 4 members (excludes halogenated alkanes) is 2. The summed E-state index contributed by atoms with van der Waals surface area (Å²) in [5, 5.41) is 2.06. The zero-order valence-corrected chi connectivity index (χ0v) is 35.6. The lowest BCUT2D eigenvalue weighted by Crippen LogP contribution is -2.31. The molecule has 0 N–H and O–H groups in total. The van der Waals surface area contributed by atoms with E-state index in [4.69, 9.17) is 28.4 Å². The number of benzene rings is 5. The maximum atomic E-state index is 14.1. The van der Waals surface area contributed by atoms with E-state index >= 15 is 0 Å². The van der Waals surface area contributed by atoms with Crippen LogP contribution in [0, 0.1) is 17.8 Å². The standard InChI is InChI=1S/C52H58O9/c1-4-5-8-19-43(60-52(55)59-33-37-16-11-7-12-17-37)25-26-45-46-29-41-18-13-20-48(57-34-50(53)58-32-36-14-9-6-10-15-36)47(41)30-42(46)31-49(45)61-51(54)35(2)38-21-22-40-28-44(56-3)24-23-39(40)27-38/h6-7,9-18,20-24,27-28,35,42-43,45-46,49H,4-5,8,19,25-26,29-34H2,1-3H3/t35-,42-,43-,45+,46-,49+/m0/s1. The second-order valence-corrected chi connectivity index (χ2v) is 16.6. The van der Waals surface area contributed by atoms with Crippen molar-refractivity contribution in [2.24, 2.45) is 17.8 Å². The van der Waals surface area contributed by atoms with Gasteiger partial charge in [-0.1, -0.05) is 117 Å². The third-order valence-electron chi connectivity index (χ3n) is 12.5. The highest BCUT2D eigenvalue weighted by Gasteiger charge is 2.48. The smallest absolute Gasteiger partial charge is 0.497 e. The first-order valence-electron chi connectivity index (χ1n) is 21.9. The Morgan fingerprint density at radius 2 is 1.48 bits per heavy atom. The molecule has 5 aromatic carbocycles. The number of carbonyl (C=O) groups excluding carboxylic acids is 3. The fourth-order valence-electron chi connectivity index (χ4n) is 9.14. The van der Waals surface area contributed by atoms with Crippen LogP contribution in [0.2, 0.25) is 0 Å². The Morgan fingerprint density at radius 1 is 0.754 bits per heavy atom. The van der Waals surface area contributed by atoms with Crippen LogP contribution < -0.4 is 9.47 Å². The highest BCUT2D eigenvalue weighted by molar-refractivity contribution is 5.87. The molecule has 0 amide bonds. The van der Waals surface area contributed by atoms with E-state index in [0.29, 0.717) is 18.6 Å². The molecule has 0 heterocycles. The van der Waals surface area contributed by atoms with Gasteiger partial charge in [0.15, 0.2) is 6.61 Å². The van der Waals surface area contributed by atoms with Crippen molar-refractivity contribution in [1.29, 1.82) is 0 Å². The number of esters is 2. The summed E-state index contributed by atoms with van der Waals surface area (Å²) >= 11 is 0. The van der Waals surface area contributed by atoms with Crippen molar-refractivity contribution in [3.63, 3.8) is 0 Å². The van der Waals surface area contributed by atoms with Crippen LogP contribution in [0.25, 0.3) is 10.8 Å². The SMILES string of the molecule is CCCCC[C@@H](CC[C@@H]1[C@H]2Cc3cccc(OCC(=O)OCc4ccccc4)c3C[C@H]2C[C@H]1OC(=O)[C@@H](C)c1ccc2cc(OC)ccc2c1)OC(=O)OCc1ccccc1. The first kappa shape index (κ1) is 43.3. The molecule has 0 radical (unpaired) electrons. The van der Waals surface area contributed by atoms with Crippen LogP contribution in [0.3, 0.4) is 0 Å². The minimum absolute atomic E-state index is 0.0496. The van der Waals surface area contributed by atoms with Crippen LogP contribution in [0.5, 0.6) is 11.5 Å². The molecule has 5 aromatic rings. The summed E-state index contributed by atoms with van der Waals surface area (Å²) in [6.45, 7) is 4.22. The molecule has 0 aromatic heterocycles. The second-order valence-electron chi connectivity index (χ2n) is 16.6. The summed E-state index contributed by atoms with van der Waals surface area (Å²) in [5.74, 6) is 0.832. The van der Waals surface area contributed by atoms with Gasteiger partial charge in [-0.3, -0.25) is 4.79 Å².